The largest absolute Gasteiger partial charge is 0.381 e. The highest BCUT2D eigenvalue weighted by Crippen LogP contribution is 2.22. The van der Waals surface area contributed by atoms with Crippen molar-refractivity contribution in [3.05, 3.63) is 58.6 Å². The van der Waals surface area contributed by atoms with E-state index in [0.29, 0.717) is 0 Å². The minimum absolute atomic E-state index is 0.260. The van der Waals surface area contributed by atoms with E-state index in [2.05, 4.69) is 9.97 Å². The van der Waals surface area contributed by atoms with Crippen LogP contribution in [0.15, 0.2) is 42.5 Å². The molecule has 0 aliphatic heterocycles. The van der Waals surface area contributed by atoms with Crippen LogP contribution in [0.3, 0.4) is 0 Å². The molecule has 0 bridgehead atoms. The molecule has 3 aromatic rings. The van der Waals surface area contributed by atoms with Crippen molar-refractivity contribution in [3.63, 3.8) is 0 Å². The fourth-order valence-corrected chi connectivity index (χ4v) is 2.38. The lowest BCUT2D eigenvalue weighted by atomic mass is 10.0. The number of benzene rings is 2. The van der Waals surface area contributed by atoms with Crippen molar-refractivity contribution in [2.24, 2.45) is 0 Å². The number of para-hydroxylation sites is 1. The number of hydrogen-bond donors (Lipinski definition) is 2. The molecule has 0 unspecified atom stereocenters. The number of halogens is 1. The standard InChI is InChI=1S/C15H13ClN4/c16-11-5-1-3-9(8-11)7-10-4-2-6-12-13(10)20-15(18)14(17)19-12/h1-6,8H,7H2,(H2,17,19)(H2,18,20). The Balaban J connectivity index is 2.09. The Kier molecular flexibility index (Phi) is 3.16. The van der Waals surface area contributed by atoms with Gasteiger partial charge in [0.15, 0.2) is 11.6 Å². The molecule has 2 aromatic carbocycles. The summed E-state index contributed by atoms with van der Waals surface area (Å²) in [6.07, 6.45) is 0.718. The van der Waals surface area contributed by atoms with Crippen LogP contribution in [0.5, 0.6) is 0 Å². The lowest BCUT2D eigenvalue weighted by Gasteiger charge is -2.08. The van der Waals surface area contributed by atoms with Crippen LogP contribution < -0.4 is 11.5 Å². The molecule has 4 N–H and O–H groups in total. The number of anilines is 2. The monoisotopic (exact) mass is 284 g/mol. The van der Waals surface area contributed by atoms with Crippen LogP contribution in [-0.2, 0) is 6.42 Å². The quantitative estimate of drug-likeness (QED) is 0.758. The third-order valence-corrected chi connectivity index (χ3v) is 3.35. The van der Waals surface area contributed by atoms with Crippen LogP contribution in [0.25, 0.3) is 11.0 Å². The molecule has 0 atom stereocenters. The molecule has 1 heterocycles. The van der Waals surface area contributed by atoms with Gasteiger partial charge in [-0.1, -0.05) is 35.9 Å². The second-order valence-corrected chi connectivity index (χ2v) is 5.02. The van der Waals surface area contributed by atoms with Gasteiger partial charge in [-0.25, -0.2) is 9.97 Å². The van der Waals surface area contributed by atoms with E-state index < -0.39 is 0 Å². The van der Waals surface area contributed by atoms with Gasteiger partial charge in [-0.05, 0) is 35.7 Å². The summed E-state index contributed by atoms with van der Waals surface area (Å²) >= 11 is 6.01. The van der Waals surface area contributed by atoms with Crippen LogP contribution in [0.2, 0.25) is 5.02 Å². The Morgan fingerprint density at radius 3 is 2.50 bits per heavy atom. The molecule has 4 nitrogen and oxygen atoms in total. The molecule has 3 rings (SSSR count). The second kappa shape index (κ2) is 4.98. The van der Waals surface area contributed by atoms with Crippen LogP contribution >= 0.6 is 11.6 Å². The summed E-state index contributed by atoms with van der Waals surface area (Å²) in [6.45, 7) is 0. The van der Waals surface area contributed by atoms with Crippen molar-refractivity contribution in [3.8, 4) is 0 Å². The van der Waals surface area contributed by atoms with Gasteiger partial charge < -0.3 is 11.5 Å². The second-order valence-electron chi connectivity index (χ2n) is 4.59. The van der Waals surface area contributed by atoms with Crippen LogP contribution in [0.4, 0.5) is 11.6 Å². The Bertz CT molecular complexity index is 786. The number of rotatable bonds is 2. The van der Waals surface area contributed by atoms with E-state index in [1.807, 2.05) is 42.5 Å². The lowest BCUT2D eigenvalue weighted by Crippen LogP contribution is -2.03. The van der Waals surface area contributed by atoms with Gasteiger partial charge in [-0.3, -0.25) is 0 Å². The summed E-state index contributed by atoms with van der Waals surface area (Å²) in [5, 5.41) is 0.720. The maximum Gasteiger partial charge on any atom is 0.166 e. The van der Waals surface area contributed by atoms with Gasteiger partial charge >= 0.3 is 0 Å². The molecule has 0 saturated heterocycles. The summed E-state index contributed by atoms with van der Waals surface area (Å²) in [5.41, 5.74) is 15.1. The number of fused-ring (bicyclic) bond motifs is 1. The number of hydrogen-bond acceptors (Lipinski definition) is 4. The first kappa shape index (κ1) is 12.7. The maximum atomic E-state index is 6.01. The van der Waals surface area contributed by atoms with Crippen LogP contribution in [-0.4, -0.2) is 9.97 Å². The van der Waals surface area contributed by atoms with Gasteiger partial charge in [0.2, 0.25) is 0 Å². The highest BCUT2D eigenvalue weighted by Gasteiger charge is 2.08. The molecule has 5 heteroatoms. The first-order chi connectivity index (χ1) is 9.63. The topological polar surface area (TPSA) is 77.8 Å². The van der Waals surface area contributed by atoms with Crippen LogP contribution in [0, 0.1) is 0 Å². The Morgan fingerprint density at radius 2 is 1.70 bits per heavy atom. The first-order valence-corrected chi connectivity index (χ1v) is 6.56. The van der Waals surface area contributed by atoms with Crippen molar-refractivity contribution in [1.82, 2.24) is 9.97 Å². The van der Waals surface area contributed by atoms with E-state index in [-0.39, 0.29) is 11.6 Å². The first-order valence-electron chi connectivity index (χ1n) is 6.18. The van der Waals surface area contributed by atoms with Crippen molar-refractivity contribution in [1.29, 1.82) is 0 Å². The van der Waals surface area contributed by atoms with Gasteiger partial charge in [-0.2, -0.15) is 0 Å². The summed E-state index contributed by atoms with van der Waals surface area (Å²) in [7, 11) is 0. The molecular weight excluding hydrogens is 272 g/mol. The van der Waals surface area contributed by atoms with E-state index in [0.717, 1.165) is 33.6 Å². The van der Waals surface area contributed by atoms with Gasteiger partial charge in [0.1, 0.15) is 0 Å². The minimum Gasteiger partial charge on any atom is -0.381 e. The van der Waals surface area contributed by atoms with E-state index >= 15 is 0 Å². The Morgan fingerprint density at radius 1 is 0.950 bits per heavy atom. The van der Waals surface area contributed by atoms with E-state index in [1.54, 1.807) is 0 Å². The lowest BCUT2D eigenvalue weighted by molar-refractivity contribution is 1.18. The molecule has 0 aliphatic carbocycles. The summed E-state index contributed by atoms with van der Waals surface area (Å²) in [4.78, 5) is 8.61. The number of nitrogen functional groups attached to an aromatic ring is 2. The minimum atomic E-state index is 0.260. The molecule has 100 valence electrons. The van der Waals surface area contributed by atoms with Crippen molar-refractivity contribution in [2.45, 2.75) is 6.42 Å². The molecule has 0 fully saturated rings. The third-order valence-electron chi connectivity index (χ3n) is 3.12. The smallest absolute Gasteiger partial charge is 0.166 e. The maximum absolute atomic E-state index is 6.01. The van der Waals surface area contributed by atoms with E-state index in [4.69, 9.17) is 23.1 Å². The average molecular weight is 285 g/mol. The average Bonchev–Trinajstić information content (AvgIpc) is 2.41. The fourth-order valence-electron chi connectivity index (χ4n) is 2.17. The zero-order valence-electron chi connectivity index (χ0n) is 10.7. The molecule has 20 heavy (non-hydrogen) atoms. The van der Waals surface area contributed by atoms with Gasteiger partial charge in [0.25, 0.3) is 0 Å². The normalized spacial score (nSPS) is 10.8. The number of aromatic nitrogens is 2. The van der Waals surface area contributed by atoms with E-state index in [1.165, 1.54) is 0 Å². The zero-order chi connectivity index (χ0) is 14.1. The molecule has 1 aromatic heterocycles. The third kappa shape index (κ3) is 2.38. The molecule has 0 aliphatic rings. The van der Waals surface area contributed by atoms with Gasteiger partial charge in [-0.15, -0.1) is 0 Å². The van der Waals surface area contributed by atoms with Crippen LogP contribution in [0.1, 0.15) is 11.1 Å². The molecule has 0 amide bonds. The molecule has 0 radical (unpaired) electrons. The van der Waals surface area contributed by atoms with E-state index in [9.17, 15) is 0 Å². The molecule has 0 saturated carbocycles. The molecule has 0 spiro atoms. The molecular formula is C15H13ClN4. The predicted molar refractivity (Wildman–Crippen MR) is 82.6 cm³/mol. The number of nitrogens with two attached hydrogens (primary N) is 2. The van der Waals surface area contributed by atoms with Crippen molar-refractivity contribution in [2.75, 3.05) is 11.5 Å². The predicted octanol–water partition coefficient (Wildman–Crippen LogP) is 3.04. The number of nitrogens with zero attached hydrogens (tertiary/aromatic N) is 2. The Hall–Kier alpha value is -2.33. The SMILES string of the molecule is Nc1nc2cccc(Cc3cccc(Cl)c3)c2nc1N. The summed E-state index contributed by atoms with van der Waals surface area (Å²) in [5.74, 6) is 0.522. The van der Waals surface area contributed by atoms with Gasteiger partial charge in [0, 0.05) is 5.02 Å². The summed E-state index contributed by atoms with van der Waals surface area (Å²) < 4.78 is 0. The highest BCUT2D eigenvalue weighted by atomic mass is 35.5. The Labute approximate surface area is 121 Å². The zero-order valence-corrected chi connectivity index (χ0v) is 11.4. The summed E-state index contributed by atoms with van der Waals surface area (Å²) in [6, 6.07) is 13.6. The van der Waals surface area contributed by atoms with Crippen molar-refractivity contribution < 1.29 is 0 Å². The fraction of sp³-hybridized carbons (Fsp3) is 0.0667. The van der Waals surface area contributed by atoms with Crippen molar-refractivity contribution >= 4 is 34.3 Å². The highest BCUT2D eigenvalue weighted by molar-refractivity contribution is 6.30. The van der Waals surface area contributed by atoms with Gasteiger partial charge in [0.05, 0.1) is 11.0 Å².